The third-order valence-electron chi connectivity index (χ3n) is 2.61. The molecule has 0 bridgehead atoms. The zero-order valence-electron chi connectivity index (χ0n) is 12.1. The van der Waals surface area contributed by atoms with E-state index in [1.807, 2.05) is 0 Å². The molecule has 7 heteroatoms. The maximum atomic E-state index is 12.1. The minimum Gasteiger partial charge on any atom is -0.481 e. The van der Waals surface area contributed by atoms with Crippen molar-refractivity contribution >= 4 is 17.4 Å². The van der Waals surface area contributed by atoms with Crippen LogP contribution in [0, 0.1) is 16.0 Å². The topological polar surface area (TPSA) is 95.7 Å². The van der Waals surface area contributed by atoms with E-state index in [0.717, 1.165) is 6.07 Å². The van der Waals surface area contributed by atoms with Gasteiger partial charge in [0.2, 0.25) is 0 Å². The first-order valence-electron chi connectivity index (χ1n) is 6.47. The predicted octanol–water partition coefficient (Wildman–Crippen LogP) is 2.38. The van der Waals surface area contributed by atoms with Crippen molar-refractivity contribution in [2.75, 3.05) is 13.2 Å². The van der Waals surface area contributed by atoms with Crippen LogP contribution in [0.15, 0.2) is 18.2 Å². The van der Waals surface area contributed by atoms with Crippen molar-refractivity contribution in [2.24, 2.45) is 5.92 Å². The molecule has 1 aromatic carbocycles. The maximum absolute atomic E-state index is 12.1. The number of ether oxygens (including phenoxy) is 2. The summed E-state index contributed by atoms with van der Waals surface area (Å²) in [7, 11) is 0. The zero-order chi connectivity index (χ0) is 16.0. The Morgan fingerprint density at radius 2 is 2.00 bits per heavy atom. The molecule has 0 saturated carbocycles. The van der Waals surface area contributed by atoms with E-state index in [1.54, 1.807) is 20.8 Å². The highest BCUT2D eigenvalue weighted by Crippen LogP contribution is 2.26. The normalized spacial score (nSPS) is 10.3. The second kappa shape index (κ2) is 7.37. The van der Waals surface area contributed by atoms with Crippen LogP contribution in [0.5, 0.6) is 5.75 Å². The molecule has 0 aromatic heterocycles. The number of rotatable bonds is 7. The van der Waals surface area contributed by atoms with Crippen molar-refractivity contribution in [3.63, 3.8) is 0 Å². The SMILES string of the molecule is CCOC(=O)COc1ccc([N+](=O)[O-])cc1C(=O)C(C)C. The van der Waals surface area contributed by atoms with Crippen molar-refractivity contribution in [1.29, 1.82) is 0 Å². The van der Waals surface area contributed by atoms with E-state index in [4.69, 9.17) is 9.47 Å². The molecule has 0 N–H and O–H groups in total. The highest BCUT2D eigenvalue weighted by Gasteiger charge is 2.20. The molecule has 0 radical (unpaired) electrons. The number of hydrogen-bond acceptors (Lipinski definition) is 6. The van der Waals surface area contributed by atoms with E-state index in [1.165, 1.54) is 12.1 Å². The molecule has 0 aliphatic rings. The number of Topliss-reactive ketones (excluding diaryl/α,β-unsaturated/α-hetero) is 1. The number of nitrogens with zero attached hydrogens (tertiary/aromatic N) is 1. The third-order valence-corrected chi connectivity index (χ3v) is 2.61. The van der Waals surface area contributed by atoms with Gasteiger partial charge in [-0.1, -0.05) is 13.8 Å². The summed E-state index contributed by atoms with van der Waals surface area (Å²) in [5.41, 5.74) is -0.119. The lowest BCUT2D eigenvalue weighted by Gasteiger charge is -2.11. The van der Waals surface area contributed by atoms with Gasteiger partial charge in [-0.05, 0) is 13.0 Å². The molecular weight excluding hydrogens is 278 g/mol. The Morgan fingerprint density at radius 1 is 1.33 bits per heavy atom. The largest absolute Gasteiger partial charge is 0.481 e. The van der Waals surface area contributed by atoms with Gasteiger partial charge in [0.1, 0.15) is 5.75 Å². The molecule has 0 fully saturated rings. The molecule has 0 heterocycles. The van der Waals surface area contributed by atoms with Crippen LogP contribution < -0.4 is 4.74 Å². The Kier molecular flexibility index (Phi) is 5.83. The molecule has 114 valence electrons. The summed E-state index contributed by atoms with van der Waals surface area (Å²) < 4.78 is 9.96. The van der Waals surface area contributed by atoms with Crippen LogP contribution in [-0.4, -0.2) is 29.9 Å². The van der Waals surface area contributed by atoms with Gasteiger partial charge in [-0.25, -0.2) is 4.79 Å². The summed E-state index contributed by atoms with van der Waals surface area (Å²) in [5, 5.41) is 10.8. The highest BCUT2D eigenvalue weighted by atomic mass is 16.6. The van der Waals surface area contributed by atoms with Gasteiger partial charge in [0, 0.05) is 18.1 Å². The van der Waals surface area contributed by atoms with E-state index in [9.17, 15) is 19.7 Å². The lowest BCUT2D eigenvalue weighted by molar-refractivity contribution is -0.384. The summed E-state index contributed by atoms with van der Waals surface area (Å²) in [6, 6.07) is 3.69. The van der Waals surface area contributed by atoms with Crippen LogP contribution in [0.1, 0.15) is 31.1 Å². The van der Waals surface area contributed by atoms with Crippen LogP contribution in [0.3, 0.4) is 0 Å². The Hall–Kier alpha value is -2.44. The molecule has 1 aromatic rings. The molecular formula is C14H17NO6. The van der Waals surface area contributed by atoms with Crippen LogP contribution in [0.4, 0.5) is 5.69 Å². The minimum absolute atomic E-state index is 0.0866. The fourth-order valence-corrected chi connectivity index (χ4v) is 1.60. The summed E-state index contributed by atoms with van der Waals surface area (Å²) >= 11 is 0. The first kappa shape index (κ1) is 16.6. The van der Waals surface area contributed by atoms with Gasteiger partial charge in [0.05, 0.1) is 17.1 Å². The monoisotopic (exact) mass is 295 g/mol. The molecule has 0 spiro atoms. The van der Waals surface area contributed by atoms with Crippen molar-refractivity contribution in [2.45, 2.75) is 20.8 Å². The van der Waals surface area contributed by atoms with E-state index in [2.05, 4.69) is 0 Å². The van der Waals surface area contributed by atoms with Crippen molar-refractivity contribution in [3.05, 3.63) is 33.9 Å². The van der Waals surface area contributed by atoms with Gasteiger partial charge in [-0.15, -0.1) is 0 Å². The summed E-state index contributed by atoms with van der Waals surface area (Å²) in [4.78, 5) is 33.6. The first-order valence-corrected chi connectivity index (χ1v) is 6.47. The van der Waals surface area contributed by atoms with Crippen molar-refractivity contribution in [1.82, 2.24) is 0 Å². The van der Waals surface area contributed by atoms with Gasteiger partial charge in [0.25, 0.3) is 5.69 Å². The lowest BCUT2D eigenvalue weighted by Crippen LogP contribution is -2.17. The second-order valence-corrected chi connectivity index (χ2v) is 4.55. The Morgan fingerprint density at radius 3 is 2.52 bits per heavy atom. The number of carbonyl (C=O) groups is 2. The fourth-order valence-electron chi connectivity index (χ4n) is 1.60. The fraction of sp³-hybridized carbons (Fsp3) is 0.429. The number of ketones is 1. The van der Waals surface area contributed by atoms with Gasteiger partial charge in [0.15, 0.2) is 12.4 Å². The molecule has 1 rings (SSSR count). The molecule has 21 heavy (non-hydrogen) atoms. The summed E-state index contributed by atoms with van der Waals surface area (Å²) in [6.45, 7) is 4.88. The van der Waals surface area contributed by atoms with Gasteiger partial charge in [-0.3, -0.25) is 14.9 Å². The van der Waals surface area contributed by atoms with Crippen molar-refractivity contribution < 1.29 is 24.0 Å². The number of esters is 1. The average Bonchev–Trinajstić information content (AvgIpc) is 2.44. The maximum Gasteiger partial charge on any atom is 0.344 e. The van der Waals surface area contributed by atoms with Crippen LogP contribution in [-0.2, 0) is 9.53 Å². The predicted molar refractivity (Wildman–Crippen MR) is 74.4 cm³/mol. The number of nitro groups is 1. The number of nitro benzene ring substituents is 1. The number of non-ortho nitro benzene ring substituents is 1. The van der Waals surface area contributed by atoms with Gasteiger partial charge in [-0.2, -0.15) is 0 Å². The van der Waals surface area contributed by atoms with E-state index in [-0.39, 0.29) is 41.9 Å². The Labute approximate surface area is 122 Å². The first-order chi connectivity index (χ1) is 9.86. The molecule has 0 aliphatic carbocycles. The Balaban J connectivity index is 3.04. The number of benzene rings is 1. The van der Waals surface area contributed by atoms with Gasteiger partial charge < -0.3 is 9.47 Å². The minimum atomic E-state index is -0.591. The standard InChI is InChI=1S/C14H17NO6/c1-4-20-13(16)8-21-12-6-5-10(15(18)19)7-11(12)14(17)9(2)3/h5-7,9H,4,8H2,1-3H3. The van der Waals surface area contributed by atoms with Crippen LogP contribution in [0.25, 0.3) is 0 Å². The van der Waals surface area contributed by atoms with E-state index in [0.29, 0.717) is 0 Å². The Bertz CT molecular complexity index is 552. The summed E-state index contributed by atoms with van der Waals surface area (Å²) in [6.07, 6.45) is 0. The molecule has 0 aliphatic heterocycles. The molecule has 0 amide bonds. The van der Waals surface area contributed by atoms with Gasteiger partial charge >= 0.3 is 5.97 Å². The molecule has 0 atom stereocenters. The highest BCUT2D eigenvalue weighted by molar-refractivity contribution is 6.00. The second-order valence-electron chi connectivity index (χ2n) is 4.55. The molecule has 0 saturated heterocycles. The molecule has 7 nitrogen and oxygen atoms in total. The molecule has 0 unspecified atom stereocenters. The zero-order valence-corrected chi connectivity index (χ0v) is 12.1. The smallest absolute Gasteiger partial charge is 0.344 e. The van der Waals surface area contributed by atoms with Crippen molar-refractivity contribution in [3.8, 4) is 5.75 Å². The van der Waals surface area contributed by atoms with E-state index >= 15 is 0 Å². The van der Waals surface area contributed by atoms with Crippen LogP contribution >= 0.6 is 0 Å². The summed E-state index contributed by atoms with van der Waals surface area (Å²) in [5.74, 6) is -1.08. The number of carbonyl (C=O) groups excluding carboxylic acids is 2. The number of hydrogen-bond donors (Lipinski definition) is 0. The lowest BCUT2D eigenvalue weighted by atomic mass is 10.00. The average molecular weight is 295 g/mol. The quantitative estimate of drug-likeness (QED) is 0.331. The third kappa shape index (κ3) is 4.55. The van der Waals surface area contributed by atoms with Crippen LogP contribution in [0.2, 0.25) is 0 Å². The van der Waals surface area contributed by atoms with E-state index < -0.39 is 10.9 Å².